The third-order valence-electron chi connectivity index (χ3n) is 7.40. The van der Waals surface area contributed by atoms with E-state index in [1.54, 1.807) is 0 Å². The van der Waals surface area contributed by atoms with Gasteiger partial charge in [-0.2, -0.15) is 0 Å². The Balaban J connectivity index is 1.26. The molecule has 208 valence electrons. The molecule has 40 heavy (non-hydrogen) atoms. The average molecular weight is 543 g/mol. The number of nitrogens with zero attached hydrogens (tertiary/aromatic N) is 4. The summed E-state index contributed by atoms with van der Waals surface area (Å²) in [6, 6.07) is 15.1. The SMILES string of the molecule is CN(C)CCCn1c(O)c2cc3c(c4cccc(c1=O)c24)=NC(c1ccc(OCC[C@H]2COC(C)(C)O2)cc1)=N3. The van der Waals surface area contributed by atoms with Crippen molar-refractivity contribution in [2.24, 2.45) is 9.98 Å². The van der Waals surface area contributed by atoms with Gasteiger partial charge in [0.15, 0.2) is 11.6 Å². The number of amidine groups is 1. The second kappa shape index (κ2) is 10.3. The first-order chi connectivity index (χ1) is 19.2. The summed E-state index contributed by atoms with van der Waals surface area (Å²) >= 11 is 0. The third kappa shape index (κ3) is 4.96. The molecule has 3 aromatic carbocycles. The maximum absolute atomic E-state index is 13.3. The maximum atomic E-state index is 13.3. The number of aliphatic imine (C=N–C) groups is 1. The highest BCUT2D eigenvalue weighted by molar-refractivity contribution is 6.14. The molecule has 0 unspecified atom stereocenters. The van der Waals surface area contributed by atoms with Gasteiger partial charge < -0.3 is 24.2 Å². The summed E-state index contributed by atoms with van der Waals surface area (Å²) in [5.74, 6) is 0.780. The van der Waals surface area contributed by atoms with Crippen LogP contribution in [-0.4, -0.2) is 66.2 Å². The zero-order chi connectivity index (χ0) is 28.0. The molecule has 9 heteroatoms. The van der Waals surface area contributed by atoms with E-state index in [0.29, 0.717) is 47.4 Å². The Hall–Kier alpha value is -3.79. The lowest BCUT2D eigenvalue weighted by Crippen LogP contribution is -2.23. The summed E-state index contributed by atoms with van der Waals surface area (Å²) in [7, 11) is 3.98. The van der Waals surface area contributed by atoms with Crippen LogP contribution in [0, 0.1) is 0 Å². The first-order valence-electron chi connectivity index (χ1n) is 13.7. The smallest absolute Gasteiger partial charge is 0.261 e. The van der Waals surface area contributed by atoms with Crippen LogP contribution >= 0.6 is 0 Å². The molecular weight excluding hydrogens is 508 g/mol. The van der Waals surface area contributed by atoms with E-state index in [2.05, 4.69) is 4.90 Å². The molecule has 9 nitrogen and oxygen atoms in total. The molecule has 1 atom stereocenters. The molecule has 6 rings (SSSR count). The quantitative estimate of drug-likeness (QED) is 0.341. The van der Waals surface area contributed by atoms with E-state index in [9.17, 15) is 9.90 Å². The standard InChI is InChI=1S/C31H34N4O5/c1-31(2)39-18-21(40-31)13-16-38-20-11-9-19(10-12-20)28-32-25-17-24-26-22(27(25)33-28)7-5-8-23(26)29(36)35(30(24)37)15-6-14-34(3)4/h5,7-12,17,21,37H,6,13-16,18H2,1-4H3/t21-/m0/s1. The van der Waals surface area contributed by atoms with Gasteiger partial charge in [-0.05, 0) is 77.3 Å². The van der Waals surface area contributed by atoms with E-state index >= 15 is 0 Å². The van der Waals surface area contributed by atoms with Gasteiger partial charge in [-0.15, -0.1) is 0 Å². The van der Waals surface area contributed by atoms with Crippen molar-refractivity contribution in [3.63, 3.8) is 0 Å². The Morgan fingerprint density at radius 3 is 2.60 bits per heavy atom. The normalized spacial score (nSPS) is 17.9. The van der Waals surface area contributed by atoms with Crippen LogP contribution in [0.25, 0.3) is 21.5 Å². The minimum atomic E-state index is -0.529. The summed E-state index contributed by atoms with van der Waals surface area (Å²) in [6.07, 6.45) is 1.53. The minimum absolute atomic E-state index is 0.0291. The molecule has 2 aliphatic heterocycles. The average Bonchev–Trinajstić information content (AvgIpc) is 3.52. The molecule has 0 bridgehead atoms. The molecule has 0 amide bonds. The number of hydrogen-bond donors (Lipinski definition) is 1. The van der Waals surface area contributed by atoms with Gasteiger partial charge >= 0.3 is 0 Å². The number of hydrogen-bond acceptors (Lipinski definition) is 8. The van der Waals surface area contributed by atoms with Gasteiger partial charge in [-0.25, -0.2) is 9.98 Å². The van der Waals surface area contributed by atoms with Crippen LogP contribution in [0.5, 0.6) is 11.6 Å². The zero-order valence-electron chi connectivity index (χ0n) is 23.3. The van der Waals surface area contributed by atoms with Crippen molar-refractivity contribution in [3.05, 3.63) is 69.8 Å². The van der Waals surface area contributed by atoms with Crippen LogP contribution in [0.4, 0.5) is 5.69 Å². The highest BCUT2D eigenvalue weighted by Gasteiger charge is 2.32. The number of aromatic hydroxyl groups is 1. The lowest BCUT2D eigenvalue weighted by molar-refractivity contribution is -0.139. The number of benzene rings is 3. The molecule has 1 N–H and O–H groups in total. The summed E-state index contributed by atoms with van der Waals surface area (Å²) in [6.45, 7) is 6.19. The Morgan fingerprint density at radius 2 is 1.88 bits per heavy atom. The molecule has 0 aliphatic carbocycles. The molecule has 3 heterocycles. The van der Waals surface area contributed by atoms with Gasteiger partial charge in [-0.3, -0.25) is 9.36 Å². The number of pyridine rings is 1. The number of fused-ring (bicyclic) bond motifs is 2. The summed E-state index contributed by atoms with van der Waals surface area (Å²) in [5, 5.41) is 14.6. The number of rotatable bonds is 9. The van der Waals surface area contributed by atoms with Crippen LogP contribution in [0.2, 0.25) is 0 Å². The predicted octanol–water partition coefficient (Wildman–Crippen LogP) is 4.16. The lowest BCUT2D eigenvalue weighted by atomic mass is 10.0. The second-order valence-electron chi connectivity index (χ2n) is 11.1. The first-order valence-corrected chi connectivity index (χ1v) is 13.7. The lowest BCUT2D eigenvalue weighted by Gasteiger charge is -2.17. The Labute approximate surface area is 232 Å². The minimum Gasteiger partial charge on any atom is -0.494 e. The molecule has 2 aliphatic rings. The Morgan fingerprint density at radius 1 is 1.10 bits per heavy atom. The number of ether oxygens (including phenoxy) is 3. The molecular formula is C31H34N4O5. The van der Waals surface area contributed by atoms with Crippen molar-refractivity contribution in [2.45, 2.75) is 45.1 Å². The van der Waals surface area contributed by atoms with E-state index in [1.165, 1.54) is 4.57 Å². The van der Waals surface area contributed by atoms with Gasteiger partial charge in [0.2, 0.25) is 5.88 Å². The fourth-order valence-corrected chi connectivity index (χ4v) is 5.44. The molecule has 0 saturated carbocycles. The third-order valence-corrected chi connectivity index (χ3v) is 7.40. The van der Waals surface area contributed by atoms with Crippen LogP contribution in [0.15, 0.2) is 63.3 Å². The van der Waals surface area contributed by atoms with Crippen molar-refractivity contribution in [2.75, 3.05) is 33.9 Å². The summed E-state index contributed by atoms with van der Waals surface area (Å²) in [5.41, 5.74) is 1.33. The summed E-state index contributed by atoms with van der Waals surface area (Å²) < 4.78 is 18.8. The topological polar surface area (TPSA) is 97.9 Å². The highest BCUT2D eigenvalue weighted by atomic mass is 16.7. The highest BCUT2D eigenvalue weighted by Crippen LogP contribution is 2.34. The molecule has 1 saturated heterocycles. The fourth-order valence-electron chi connectivity index (χ4n) is 5.44. The Bertz CT molecular complexity index is 1720. The second-order valence-corrected chi connectivity index (χ2v) is 11.1. The van der Waals surface area contributed by atoms with Crippen molar-refractivity contribution >= 4 is 33.1 Å². The van der Waals surface area contributed by atoms with Crippen LogP contribution in [-0.2, 0) is 16.0 Å². The molecule has 0 radical (unpaired) electrons. The van der Waals surface area contributed by atoms with Crippen molar-refractivity contribution in [1.29, 1.82) is 0 Å². The van der Waals surface area contributed by atoms with Crippen molar-refractivity contribution in [3.8, 4) is 11.6 Å². The van der Waals surface area contributed by atoms with Gasteiger partial charge in [0.25, 0.3) is 5.56 Å². The maximum Gasteiger partial charge on any atom is 0.261 e. The number of aromatic nitrogens is 1. The van der Waals surface area contributed by atoms with E-state index in [4.69, 9.17) is 24.2 Å². The first kappa shape index (κ1) is 26.4. The van der Waals surface area contributed by atoms with E-state index in [1.807, 2.05) is 76.5 Å². The van der Waals surface area contributed by atoms with Crippen molar-refractivity contribution in [1.82, 2.24) is 9.47 Å². The summed E-state index contributed by atoms with van der Waals surface area (Å²) in [4.78, 5) is 25.0. The molecule has 1 fully saturated rings. The fraction of sp³-hybridized carbons (Fsp3) is 0.387. The zero-order valence-corrected chi connectivity index (χ0v) is 23.3. The van der Waals surface area contributed by atoms with Crippen LogP contribution in [0.1, 0.15) is 32.3 Å². The Kier molecular flexibility index (Phi) is 6.82. The predicted molar refractivity (Wildman–Crippen MR) is 155 cm³/mol. The van der Waals surface area contributed by atoms with Gasteiger partial charge in [0.05, 0.1) is 30.4 Å². The molecule has 1 aromatic heterocycles. The van der Waals surface area contributed by atoms with Gasteiger partial charge in [0, 0.05) is 40.1 Å². The van der Waals surface area contributed by atoms with Crippen molar-refractivity contribution < 1.29 is 19.3 Å². The van der Waals surface area contributed by atoms with Crippen LogP contribution < -0.4 is 15.7 Å². The molecule has 4 aromatic rings. The van der Waals surface area contributed by atoms with Gasteiger partial charge in [0.1, 0.15) is 5.75 Å². The monoisotopic (exact) mass is 542 g/mol. The molecule has 0 spiro atoms. The van der Waals surface area contributed by atoms with E-state index in [-0.39, 0.29) is 17.5 Å². The van der Waals surface area contributed by atoms with E-state index < -0.39 is 5.79 Å². The van der Waals surface area contributed by atoms with E-state index in [0.717, 1.165) is 41.5 Å². The van der Waals surface area contributed by atoms with Gasteiger partial charge in [-0.1, -0.05) is 12.1 Å². The van der Waals surface area contributed by atoms with Crippen LogP contribution in [0.3, 0.4) is 0 Å². The largest absolute Gasteiger partial charge is 0.494 e.